The molecular formula is C12H13N3O. The van der Waals surface area contributed by atoms with Gasteiger partial charge in [0.2, 0.25) is 0 Å². The van der Waals surface area contributed by atoms with Crippen molar-refractivity contribution in [2.24, 2.45) is 0 Å². The lowest BCUT2D eigenvalue weighted by Gasteiger charge is -2.03. The molecule has 1 fully saturated rings. The zero-order valence-electron chi connectivity index (χ0n) is 9.10. The fourth-order valence-electron chi connectivity index (χ4n) is 1.87. The summed E-state index contributed by atoms with van der Waals surface area (Å²) in [6.07, 6.45) is 4.07. The Balaban J connectivity index is 2.06. The van der Waals surface area contributed by atoms with Crippen LogP contribution in [0.5, 0.6) is 0 Å². The summed E-state index contributed by atoms with van der Waals surface area (Å²) in [5, 5.41) is 2.99. The van der Waals surface area contributed by atoms with Crippen LogP contribution in [0.25, 0.3) is 5.65 Å². The van der Waals surface area contributed by atoms with E-state index in [1.54, 1.807) is 0 Å². The molecule has 2 aromatic rings. The summed E-state index contributed by atoms with van der Waals surface area (Å²) in [6.45, 7) is 1.87. The number of rotatable bonds is 2. The number of nitrogens with one attached hydrogen (secondary N) is 1. The van der Waals surface area contributed by atoms with Gasteiger partial charge in [-0.1, -0.05) is 6.07 Å². The first-order valence-electron chi connectivity index (χ1n) is 5.50. The molecule has 0 unspecified atom stereocenters. The lowest BCUT2D eigenvalue weighted by Crippen LogP contribution is -2.27. The average molecular weight is 215 g/mol. The molecule has 1 aliphatic rings. The minimum Gasteiger partial charge on any atom is -0.348 e. The molecule has 4 nitrogen and oxygen atoms in total. The highest BCUT2D eigenvalue weighted by Crippen LogP contribution is 2.20. The minimum absolute atomic E-state index is 0.0151. The molecule has 1 aliphatic carbocycles. The Kier molecular flexibility index (Phi) is 1.96. The van der Waals surface area contributed by atoms with Crippen molar-refractivity contribution in [3.8, 4) is 0 Å². The van der Waals surface area contributed by atoms with Gasteiger partial charge in [-0.05, 0) is 31.9 Å². The molecule has 3 rings (SSSR count). The fourth-order valence-corrected chi connectivity index (χ4v) is 1.87. The molecule has 4 heteroatoms. The van der Waals surface area contributed by atoms with Gasteiger partial charge in [-0.15, -0.1) is 0 Å². The molecule has 0 bridgehead atoms. The van der Waals surface area contributed by atoms with E-state index in [1.807, 2.05) is 35.7 Å². The number of carbonyl (C=O) groups excluding carboxylic acids is 1. The second kappa shape index (κ2) is 3.33. The summed E-state index contributed by atoms with van der Waals surface area (Å²) in [5.41, 5.74) is 2.26. The Morgan fingerprint density at radius 1 is 1.50 bits per heavy atom. The first-order valence-corrected chi connectivity index (χ1v) is 5.50. The van der Waals surface area contributed by atoms with Crippen LogP contribution in [0, 0.1) is 6.92 Å². The third kappa shape index (κ3) is 1.46. The molecule has 1 amide bonds. The monoisotopic (exact) mass is 215 g/mol. The van der Waals surface area contributed by atoms with Crippen LogP contribution in [0.15, 0.2) is 24.4 Å². The van der Waals surface area contributed by atoms with Crippen LogP contribution >= 0.6 is 0 Å². The maximum absolute atomic E-state index is 12.0. The van der Waals surface area contributed by atoms with Crippen molar-refractivity contribution < 1.29 is 4.79 Å². The highest BCUT2D eigenvalue weighted by Gasteiger charge is 2.26. The Labute approximate surface area is 93.3 Å². The second-order valence-corrected chi connectivity index (χ2v) is 4.22. The summed E-state index contributed by atoms with van der Waals surface area (Å²) >= 11 is 0. The molecule has 0 atom stereocenters. The van der Waals surface area contributed by atoms with E-state index in [9.17, 15) is 4.79 Å². The van der Waals surface area contributed by atoms with E-state index in [0.717, 1.165) is 24.2 Å². The highest BCUT2D eigenvalue weighted by atomic mass is 16.2. The van der Waals surface area contributed by atoms with Crippen LogP contribution < -0.4 is 5.32 Å². The predicted molar refractivity (Wildman–Crippen MR) is 60.4 cm³/mol. The summed E-state index contributed by atoms with van der Waals surface area (Å²) in [5.74, 6) is -0.0151. The van der Waals surface area contributed by atoms with E-state index in [2.05, 4.69) is 10.3 Å². The smallest absolute Gasteiger partial charge is 0.270 e. The molecule has 0 aliphatic heterocycles. The van der Waals surface area contributed by atoms with Crippen LogP contribution in [0.1, 0.15) is 29.0 Å². The van der Waals surface area contributed by atoms with Crippen molar-refractivity contribution in [1.82, 2.24) is 14.7 Å². The van der Waals surface area contributed by atoms with Crippen molar-refractivity contribution in [2.45, 2.75) is 25.8 Å². The number of hydrogen-bond donors (Lipinski definition) is 1. The van der Waals surface area contributed by atoms with Gasteiger partial charge in [0.1, 0.15) is 11.3 Å². The molecule has 1 saturated carbocycles. The maximum atomic E-state index is 12.0. The van der Waals surface area contributed by atoms with Gasteiger partial charge in [0.25, 0.3) is 5.91 Å². The van der Waals surface area contributed by atoms with E-state index in [1.165, 1.54) is 0 Å². The van der Waals surface area contributed by atoms with Gasteiger partial charge in [-0.3, -0.25) is 9.20 Å². The molecule has 1 N–H and O–H groups in total. The van der Waals surface area contributed by atoms with Crippen LogP contribution in [0.3, 0.4) is 0 Å². The van der Waals surface area contributed by atoms with Gasteiger partial charge in [0.05, 0.1) is 5.69 Å². The highest BCUT2D eigenvalue weighted by molar-refractivity contribution is 5.95. The third-order valence-electron chi connectivity index (χ3n) is 2.83. The van der Waals surface area contributed by atoms with Crippen LogP contribution in [-0.2, 0) is 0 Å². The summed E-state index contributed by atoms with van der Waals surface area (Å²) in [6, 6.07) is 6.11. The molecule has 16 heavy (non-hydrogen) atoms. The first-order chi connectivity index (χ1) is 7.75. The number of imidazole rings is 1. The van der Waals surface area contributed by atoms with E-state index in [0.29, 0.717) is 11.7 Å². The zero-order chi connectivity index (χ0) is 11.1. The quantitative estimate of drug-likeness (QED) is 0.825. The number of fused-ring (bicyclic) bond motifs is 1. The maximum Gasteiger partial charge on any atom is 0.270 e. The lowest BCUT2D eigenvalue weighted by atomic mass is 10.3. The van der Waals surface area contributed by atoms with Crippen molar-refractivity contribution in [2.75, 3.05) is 0 Å². The zero-order valence-corrected chi connectivity index (χ0v) is 9.10. The number of carbonyl (C=O) groups is 1. The van der Waals surface area contributed by atoms with Crippen molar-refractivity contribution >= 4 is 11.6 Å². The molecular weight excluding hydrogens is 202 g/mol. The largest absolute Gasteiger partial charge is 0.348 e. The van der Waals surface area contributed by atoms with Crippen molar-refractivity contribution in [1.29, 1.82) is 0 Å². The molecule has 2 aromatic heterocycles. The lowest BCUT2D eigenvalue weighted by molar-refractivity contribution is 0.0944. The number of aryl methyl sites for hydroxylation is 1. The molecule has 2 heterocycles. The summed E-state index contributed by atoms with van der Waals surface area (Å²) in [4.78, 5) is 16.4. The molecule has 0 radical (unpaired) electrons. The topological polar surface area (TPSA) is 46.4 Å². The normalized spacial score (nSPS) is 15.3. The third-order valence-corrected chi connectivity index (χ3v) is 2.83. The molecule has 0 saturated heterocycles. The van der Waals surface area contributed by atoms with Gasteiger partial charge < -0.3 is 5.32 Å². The van der Waals surface area contributed by atoms with E-state index in [4.69, 9.17) is 0 Å². The number of aromatic nitrogens is 2. The Morgan fingerprint density at radius 3 is 3.06 bits per heavy atom. The number of nitrogens with zero attached hydrogens (tertiary/aromatic N) is 2. The number of hydrogen-bond acceptors (Lipinski definition) is 2. The molecule has 0 aromatic carbocycles. The first kappa shape index (κ1) is 9.39. The van der Waals surface area contributed by atoms with Gasteiger partial charge in [-0.2, -0.15) is 0 Å². The van der Waals surface area contributed by atoms with Crippen molar-refractivity contribution in [3.63, 3.8) is 0 Å². The van der Waals surface area contributed by atoms with E-state index in [-0.39, 0.29) is 5.91 Å². The standard InChI is InChI=1S/C12H13N3O/c1-8-11(12(16)14-9-5-6-9)15-7-3-2-4-10(15)13-8/h2-4,7,9H,5-6H2,1H3,(H,14,16). The van der Waals surface area contributed by atoms with Gasteiger partial charge in [0.15, 0.2) is 0 Å². The van der Waals surface area contributed by atoms with Crippen LogP contribution in [0.2, 0.25) is 0 Å². The van der Waals surface area contributed by atoms with E-state index < -0.39 is 0 Å². The second-order valence-electron chi connectivity index (χ2n) is 4.22. The SMILES string of the molecule is Cc1nc2ccccn2c1C(=O)NC1CC1. The molecule has 82 valence electrons. The molecule has 0 spiro atoms. The van der Waals surface area contributed by atoms with Gasteiger partial charge in [-0.25, -0.2) is 4.98 Å². The van der Waals surface area contributed by atoms with Gasteiger partial charge >= 0.3 is 0 Å². The number of pyridine rings is 1. The average Bonchev–Trinajstić information content (AvgIpc) is 2.98. The fraction of sp³-hybridized carbons (Fsp3) is 0.333. The Bertz CT molecular complexity index is 554. The van der Waals surface area contributed by atoms with Crippen LogP contribution in [-0.4, -0.2) is 21.3 Å². The van der Waals surface area contributed by atoms with Gasteiger partial charge in [0, 0.05) is 12.2 Å². The minimum atomic E-state index is -0.0151. The predicted octanol–water partition coefficient (Wildman–Crippen LogP) is 1.53. The van der Waals surface area contributed by atoms with Crippen molar-refractivity contribution in [3.05, 3.63) is 35.8 Å². The summed E-state index contributed by atoms with van der Waals surface area (Å²) in [7, 11) is 0. The summed E-state index contributed by atoms with van der Waals surface area (Å²) < 4.78 is 1.84. The van der Waals surface area contributed by atoms with Crippen LogP contribution in [0.4, 0.5) is 0 Å². The van der Waals surface area contributed by atoms with E-state index >= 15 is 0 Å². The number of amides is 1. The Hall–Kier alpha value is -1.84. The Morgan fingerprint density at radius 2 is 2.31 bits per heavy atom.